The highest BCUT2D eigenvalue weighted by Gasteiger charge is 2.17. The molecule has 0 heterocycles. The van der Waals surface area contributed by atoms with Crippen molar-refractivity contribution in [2.24, 2.45) is 0 Å². The van der Waals surface area contributed by atoms with Crippen LogP contribution in [0.3, 0.4) is 0 Å². The highest BCUT2D eigenvalue weighted by atomic mass is 16.3. The predicted octanol–water partition coefficient (Wildman–Crippen LogP) is 2.05. The molecule has 2 N–H and O–H groups in total. The molecule has 1 aromatic rings. The van der Waals surface area contributed by atoms with Crippen molar-refractivity contribution < 1.29 is 9.90 Å². The van der Waals surface area contributed by atoms with Gasteiger partial charge in [-0.25, -0.2) is 0 Å². The molecule has 4 heteroatoms. The van der Waals surface area contributed by atoms with Crippen LogP contribution in [0, 0.1) is 6.92 Å². The van der Waals surface area contributed by atoms with Gasteiger partial charge in [-0.1, -0.05) is 18.2 Å². The molecule has 0 spiro atoms. The van der Waals surface area contributed by atoms with E-state index in [4.69, 9.17) is 0 Å². The van der Waals surface area contributed by atoms with Gasteiger partial charge in [0.1, 0.15) is 5.75 Å². The van der Waals surface area contributed by atoms with E-state index in [2.05, 4.69) is 5.32 Å². The van der Waals surface area contributed by atoms with Crippen molar-refractivity contribution >= 4 is 5.91 Å². The Kier molecular flexibility index (Phi) is 5.83. The molecular weight excluding hydrogens is 240 g/mol. The highest BCUT2D eigenvalue weighted by Crippen LogP contribution is 2.21. The van der Waals surface area contributed by atoms with Crippen molar-refractivity contribution in [3.05, 3.63) is 29.3 Å². The van der Waals surface area contributed by atoms with Gasteiger partial charge in [-0.3, -0.25) is 4.79 Å². The van der Waals surface area contributed by atoms with Gasteiger partial charge >= 0.3 is 0 Å². The topological polar surface area (TPSA) is 52.6 Å². The molecule has 0 aromatic heterocycles. The number of hydrogen-bond donors (Lipinski definition) is 2. The van der Waals surface area contributed by atoms with Crippen LogP contribution in [0.2, 0.25) is 0 Å². The van der Waals surface area contributed by atoms with Crippen LogP contribution in [0.5, 0.6) is 5.75 Å². The van der Waals surface area contributed by atoms with E-state index in [1.165, 1.54) is 0 Å². The van der Waals surface area contributed by atoms with Gasteiger partial charge in [-0.05, 0) is 33.3 Å². The molecule has 0 aliphatic rings. The summed E-state index contributed by atoms with van der Waals surface area (Å²) in [6.07, 6.45) is 0. The molecule has 1 aromatic carbocycles. The van der Waals surface area contributed by atoms with Gasteiger partial charge in [0, 0.05) is 25.2 Å². The Labute approximate surface area is 115 Å². The molecule has 4 nitrogen and oxygen atoms in total. The molecule has 0 radical (unpaired) electrons. The smallest absolute Gasteiger partial charge is 0.239 e. The Morgan fingerprint density at radius 1 is 1.37 bits per heavy atom. The van der Waals surface area contributed by atoms with Gasteiger partial charge in [0.2, 0.25) is 5.91 Å². The van der Waals surface area contributed by atoms with Crippen LogP contribution in [0.25, 0.3) is 0 Å². The lowest BCUT2D eigenvalue weighted by Crippen LogP contribution is -2.44. The maximum atomic E-state index is 12.1. The molecule has 1 amide bonds. The van der Waals surface area contributed by atoms with Crippen molar-refractivity contribution in [1.82, 2.24) is 10.2 Å². The number of likely N-dealkylation sites (N-methyl/N-ethyl adjacent to an activating group) is 1. The number of phenolic OH excluding ortho intramolecular Hbond substituents is 1. The van der Waals surface area contributed by atoms with Crippen LogP contribution in [0.1, 0.15) is 31.9 Å². The number of aromatic hydroxyl groups is 1. The van der Waals surface area contributed by atoms with Gasteiger partial charge in [0.25, 0.3) is 0 Å². The minimum absolute atomic E-state index is 0.0946. The van der Waals surface area contributed by atoms with E-state index in [-0.39, 0.29) is 11.9 Å². The molecule has 0 aliphatic carbocycles. The van der Waals surface area contributed by atoms with Gasteiger partial charge < -0.3 is 15.3 Å². The lowest BCUT2D eigenvalue weighted by molar-refractivity contribution is -0.132. The Hall–Kier alpha value is -1.55. The molecule has 106 valence electrons. The molecule has 0 fully saturated rings. The fourth-order valence-electron chi connectivity index (χ4n) is 2.02. The van der Waals surface area contributed by atoms with E-state index < -0.39 is 0 Å². The zero-order chi connectivity index (χ0) is 14.4. The van der Waals surface area contributed by atoms with Crippen LogP contribution < -0.4 is 5.32 Å². The summed E-state index contributed by atoms with van der Waals surface area (Å²) in [7, 11) is 0. The van der Waals surface area contributed by atoms with Gasteiger partial charge in [-0.15, -0.1) is 0 Å². The summed E-state index contributed by atoms with van der Waals surface area (Å²) in [5, 5.41) is 13.1. The minimum Gasteiger partial charge on any atom is -0.507 e. The number of carbonyl (C=O) groups excluding carboxylic acids is 1. The van der Waals surface area contributed by atoms with Gasteiger partial charge in [-0.2, -0.15) is 0 Å². The number of nitrogens with one attached hydrogen (secondary N) is 1. The molecule has 1 unspecified atom stereocenters. The second kappa shape index (κ2) is 7.14. The van der Waals surface area contributed by atoms with Crippen LogP contribution in [-0.4, -0.2) is 35.0 Å². The summed E-state index contributed by atoms with van der Waals surface area (Å²) in [4.78, 5) is 13.9. The van der Waals surface area contributed by atoms with Crippen molar-refractivity contribution in [2.75, 3.05) is 13.1 Å². The number of benzene rings is 1. The molecule has 0 bridgehead atoms. The average molecular weight is 264 g/mol. The predicted molar refractivity (Wildman–Crippen MR) is 77.1 cm³/mol. The number of amides is 1. The zero-order valence-electron chi connectivity index (χ0n) is 12.2. The molecule has 1 atom stereocenters. The molecule has 0 saturated heterocycles. The molecule has 1 rings (SSSR count). The van der Waals surface area contributed by atoms with E-state index in [9.17, 15) is 9.90 Å². The summed E-state index contributed by atoms with van der Waals surface area (Å²) in [5.74, 6) is 0.398. The Bertz CT molecular complexity index is 428. The summed E-state index contributed by atoms with van der Waals surface area (Å²) in [5.41, 5.74) is 1.67. The number of nitrogens with zero attached hydrogens (tertiary/aromatic N) is 1. The minimum atomic E-state index is -0.250. The third kappa shape index (κ3) is 3.96. The van der Waals surface area contributed by atoms with Crippen molar-refractivity contribution in [3.63, 3.8) is 0 Å². The second-order valence-electron chi connectivity index (χ2n) is 4.70. The molecule has 19 heavy (non-hydrogen) atoms. The lowest BCUT2D eigenvalue weighted by atomic mass is 10.1. The summed E-state index contributed by atoms with van der Waals surface area (Å²) >= 11 is 0. The second-order valence-corrected chi connectivity index (χ2v) is 4.70. The Morgan fingerprint density at radius 2 is 2.00 bits per heavy atom. The van der Waals surface area contributed by atoms with Crippen LogP contribution in [0.15, 0.2) is 18.2 Å². The molecule has 0 aliphatic heterocycles. The monoisotopic (exact) mass is 264 g/mol. The van der Waals surface area contributed by atoms with E-state index in [0.717, 1.165) is 24.2 Å². The maximum absolute atomic E-state index is 12.1. The van der Waals surface area contributed by atoms with E-state index in [1.807, 2.05) is 45.9 Å². The largest absolute Gasteiger partial charge is 0.507 e. The first kappa shape index (κ1) is 15.5. The fraction of sp³-hybridized carbons (Fsp3) is 0.533. The Morgan fingerprint density at radius 3 is 2.58 bits per heavy atom. The number of para-hydroxylation sites is 1. The van der Waals surface area contributed by atoms with Crippen molar-refractivity contribution in [1.29, 1.82) is 0 Å². The molecular formula is C15H24N2O2. The Balaban J connectivity index is 2.61. The van der Waals surface area contributed by atoms with Crippen LogP contribution in [-0.2, 0) is 11.3 Å². The summed E-state index contributed by atoms with van der Waals surface area (Å²) in [6, 6.07) is 5.38. The van der Waals surface area contributed by atoms with Crippen molar-refractivity contribution in [3.8, 4) is 5.75 Å². The number of aryl methyl sites for hydroxylation is 1. The van der Waals surface area contributed by atoms with Crippen LogP contribution in [0.4, 0.5) is 0 Å². The first-order valence-corrected chi connectivity index (χ1v) is 6.80. The first-order valence-electron chi connectivity index (χ1n) is 6.80. The van der Waals surface area contributed by atoms with Crippen LogP contribution >= 0.6 is 0 Å². The number of rotatable bonds is 6. The van der Waals surface area contributed by atoms with E-state index in [1.54, 1.807) is 4.90 Å². The number of phenols is 1. The van der Waals surface area contributed by atoms with E-state index in [0.29, 0.717) is 12.3 Å². The fourth-order valence-corrected chi connectivity index (χ4v) is 2.02. The first-order chi connectivity index (χ1) is 9.01. The normalized spacial score (nSPS) is 12.2. The SMILES string of the molecule is CCN(CC)C(=O)C(C)NCc1cccc(C)c1O. The lowest BCUT2D eigenvalue weighted by Gasteiger charge is -2.23. The van der Waals surface area contributed by atoms with Gasteiger partial charge in [0.15, 0.2) is 0 Å². The van der Waals surface area contributed by atoms with E-state index >= 15 is 0 Å². The van der Waals surface area contributed by atoms with Gasteiger partial charge in [0.05, 0.1) is 6.04 Å². The molecule has 0 saturated carbocycles. The zero-order valence-corrected chi connectivity index (χ0v) is 12.2. The maximum Gasteiger partial charge on any atom is 0.239 e. The van der Waals surface area contributed by atoms with Crippen molar-refractivity contribution in [2.45, 2.75) is 40.3 Å². The summed E-state index contributed by atoms with van der Waals surface area (Å²) in [6.45, 7) is 9.59. The number of hydrogen-bond acceptors (Lipinski definition) is 3. The third-order valence-corrected chi connectivity index (χ3v) is 3.37. The number of carbonyl (C=O) groups is 1. The third-order valence-electron chi connectivity index (χ3n) is 3.37. The average Bonchev–Trinajstić information content (AvgIpc) is 2.41. The standard InChI is InChI=1S/C15H24N2O2/c1-5-17(6-2)15(19)12(4)16-10-13-9-7-8-11(3)14(13)18/h7-9,12,16,18H,5-6,10H2,1-4H3. The summed E-state index contributed by atoms with van der Waals surface area (Å²) < 4.78 is 0. The highest BCUT2D eigenvalue weighted by molar-refractivity contribution is 5.81. The quantitative estimate of drug-likeness (QED) is 0.827.